The van der Waals surface area contributed by atoms with Crippen molar-refractivity contribution in [3.8, 4) is 5.75 Å². The SMILES string of the molecule is COc1ccc(Cl)cc1C(Br)c1cc(Br)ccc1F. The third kappa shape index (κ3) is 3.30. The van der Waals surface area contributed by atoms with Crippen LogP contribution < -0.4 is 4.74 Å². The van der Waals surface area contributed by atoms with E-state index in [4.69, 9.17) is 16.3 Å². The molecule has 2 aromatic carbocycles. The largest absolute Gasteiger partial charge is 0.496 e. The molecule has 0 saturated heterocycles. The van der Waals surface area contributed by atoms with Crippen molar-refractivity contribution in [3.05, 3.63) is 62.8 Å². The molecular weight excluding hydrogens is 398 g/mol. The molecule has 0 radical (unpaired) electrons. The number of ether oxygens (including phenoxy) is 1. The molecule has 0 amide bonds. The Labute approximate surface area is 133 Å². The molecule has 0 N–H and O–H groups in total. The maximum atomic E-state index is 13.9. The van der Waals surface area contributed by atoms with E-state index in [9.17, 15) is 4.39 Å². The van der Waals surface area contributed by atoms with Gasteiger partial charge in [-0.05, 0) is 36.4 Å². The molecule has 2 aromatic rings. The lowest BCUT2D eigenvalue weighted by atomic mass is 10.0. The summed E-state index contributed by atoms with van der Waals surface area (Å²) in [4.78, 5) is -0.335. The molecule has 0 aliphatic heterocycles. The van der Waals surface area contributed by atoms with Crippen LogP contribution in [0.2, 0.25) is 5.02 Å². The van der Waals surface area contributed by atoms with Crippen molar-refractivity contribution in [3.63, 3.8) is 0 Å². The number of hydrogen-bond donors (Lipinski definition) is 0. The number of halogens is 4. The molecule has 0 aliphatic rings. The van der Waals surface area contributed by atoms with E-state index in [-0.39, 0.29) is 10.6 Å². The quantitative estimate of drug-likeness (QED) is 0.589. The van der Waals surface area contributed by atoms with Crippen molar-refractivity contribution in [2.45, 2.75) is 4.83 Å². The van der Waals surface area contributed by atoms with E-state index in [1.165, 1.54) is 6.07 Å². The maximum absolute atomic E-state index is 13.9. The van der Waals surface area contributed by atoms with Gasteiger partial charge >= 0.3 is 0 Å². The van der Waals surface area contributed by atoms with Gasteiger partial charge in [-0.3, -0.25) is 0 Å². The molecule has 2 rings (SSSR count). The Morgan fingerprint density at radius 2 is 1.89 bits per heavy atom. The van der Waals surface area contributed by atoms with Gasteiger partial charge in [-0.2, -0.15) is 0 Å². The Hall–Kier alpha value is -0.580. The fourth-order valence-electron chi connectivity index (χ4n) is 1.78. The number of methoxy groups -OCH3 is 1. The molecular formula is C14H10Br2ClFO. The lowest BCUT2D eigenvalue weighted by molar-refractivity contribution is 0.410. The first-order chi connectivity index (χ1) is 9.02. The molecule has 0 aromatic heterocycles. The highest BCUT2D eigenvalue weighted by Gasteiger charge is 2.19. The van der Waals surface area contributed by atoms with E-state index in [1.807, 2.05) is 0 Å². The molecule has 19 heavy (non-hydrogen) atoms. The van der Waals surface area contributed by atoms with E-state index in [0.717, 1.165) is 10.0 Å². The van der Waals surface area contributed by atoms with Crippen molar-refractivity contribution in [1.82, 2.24) is 0 Å². The van der Waals surface area contributed by atoms with Gasteiger partial charge in [0.15, 0.2) is 0 Å². The van der Waals surface area contributed by atoms with Gasteiger partial charge in [0.2, 0.25) is 0 Å². The normalized spacial score (nSPS) is 12.3. The number of hydrogen-bond acceptors (Lipinski definition) is 1. The van der Waals surface area contributed by atoms with Gasteiger partial charge in [0.25, 0.3) is 0 Å². The van der Waals surface area contributed by atoms with Crippen molar-refractivity contribution < 1.29 is 9.13 Å². The highest BCUT2D eigenvalue weighted by atomic mass is 79.9. The number of benzene rings is 2. The van der Waals surface area contributed by atoms with Crippen LogP contribution in [-0.4, -0.2) is 7.11 Å². The first kappa shape index (κ1) is 14.8. The third-order valence-corrected chi connectivity index (χ3v) is 4.41. The van der Waals surface area contributed by atoms with Crippen LogP contribution >= 0.6 is 43.5 Å². The van der Waals surface area contributed by atoms with Crippen LogP contribution in [0.4, 0.5) is 4.39 Å². The summed E-state index contributed by atoms with van der Waals surface area (Å²) in [5.41, 5.74) is 1.31. The van der Waals surface area contributed by atoms with E-state index < -0.39 is 0 Å². The average molecular weight is 408 g/mol. The molecule has 1 nitrogen and oxygen atoms in total. The Bertz CT molecular complexity index is 604. The molecule has 0 fully saturated rings. The first-order valence-corrected chi connectivity index (χ1v) is 7.54. The van der Waals surface area contributed by atoms with Gasteiger partial charge in [-0.25, -0.2) is 4.39 Å². The summed E-state index contributed by atoms with van der Waals surface area (Å²) in [5.74, 6) is 0.373. The zero-order chi connectivity index (χ0) is 14.0. The molecule has 1 unspecified atom stereocenters. The highest BCUT2D eigenvalue weighted by Crippen LogP contribution is 2.39. The second-order valence-corrected chi connectivity index (χ2v) is 6.18. The van der Waals surface area contributed by atoms with Gasteiger partial charge in [0, 0.05) is 20.6 Å². The minimum absolute atomic E-state index is 0.285. The maximum Gasteiger partial charge on any atom is 0.127 e. The molecule has 1 atom stereocenters. The summed E-state index contributed by atoms with van der Waals surface area (Å²) in [6.45, 7) is 0. The monoisotopic (exact) mass is 406 g/mol. The summed E-state index contributed by atoms with van der Waals surface area (Å²) >= 11 is 12.8. The fourth-order valence-corrected chi connectivity index (χ4v) is 3.05. The fraction of sp³-hybridized carbons (Fsp3) is 0.143. The van der Waals surface area contributed by atoms with Crippen LogP contribution in [0.25, 0.3) is 0 Å². The lowest BCUT2D eigenvalue weighted by Gasteiger charge is -2.16. The smallest absolute Gasteiger partial charge is 0.127 e. The second-order valence-electron chi connectivity index (χ2n) is 3.91. The van der Waals surface area contributed by atoms with Gasteiger partial charge in [-0.15, -0.1) is 0 Å². The van der Waals surface area contributed by atoms with E-state index in [2.05, 4.69) is 31.9 Å². The van der Waals surface area contributed by atoms with Gasteiger partial charge < -0.3 is 4.74 Å². The van der Waals surface area contributed by atoms with Crippen molar-refractivity contribution >= 4 is 43.5 Å². The molecule has 100 valence electrons. The molecule has 0 aliphatic carbocycles. The molecule has 5 heteroatoms. The molecule has 0 heterocycles. The second kappa shape index (κ2) is 6.25. The van der Waals surface area contributed by atoms with Crippen LogP contribution in [0.15, 0.2) is 40.9 Å². The van der Waals surface area contributed by atoms with Crippen molar-refractivity contribution in [1.29, 1.82) is 0 Å². The van der Waals surface area contributed by atoms with Gasteiger partial charge in [-0.1, -0.05) is 43.5 Å². The minimum Gasteiger partial charge on any atom is -0.496 e. The van der Waals surface area contributed by atoms with E-state index >= 15 is 0 Å². The van der Waals surface area contributed by atoms with Gasteiger partial charge in [0.1, 0.15) is 11.6 Å². The van der Waals surface area contributed by atoms with Crippen LogP contribution in [-0.2, 0) is 0 Å². The molecule has 0 bridgehead atoms. The zero-order valence-electron chi connectivity index (χ0n) is 9.96. The number of alkyl halides is 1. The van der Waals surface area contributed by atoms with Crippen LogP contribution in [0.1, 0.15) is 16.0 Å². The summed E-state index contributed by atoms with van der Waals surface area (Å²) in [6.07, 6.45) is 0. The van der Waals surface area contributed by atoms with E-state index in [0.29, 0.717) is 16.3 Å². The predicted molar refractivity (Wildman–Crippen MR) is 82.9 cm³/mol. The third-order valence-electron chi connectivity index (χ3n) is 2.70. The summed E-state index contributed by atoms with van der Waals surface area (Å²) in [7, 11) is 1.57. The van der Waals surface area contributed by atoms with Crippen LogP contribution in [0.3, 0.4) is 0 Å². The Balaban J connectivity index is 2.51. The lowest BCUT2D eigenvalue weighted by Crippen LogP contribution is -2.00. The van der Waals surface area contributed by atoms with Crippen molar-refractivity contribution in [2.75, 3.05) is 7.11 Å². The highest BCUT2D eigenvalue weighted by molar-refractivity contribution is 9.10. The Morgan fingerprint density at radius 3 is 2.58 bits per heavy atom. The van der Waals surface area contributed by atoms with E-state index in [1.54, 1.807) is 37.4 Å². The van der Waals surface area contributed by atoms with Crippen molar-refractivity contribution in [2.24, 2.45) is 0 Å². The topological polar surface area (TPSA) is 9.23 Å². The van der Waals surface area contributed by atoms with Crippen LogP contribution in [0.5, 0.6) is 5.75 Å². The Morgan fingerprint density at radius 1 is 1.16 bits per heavy atom. The first-order valence-electron chi connectivity index (χ1n) is 5.45. The zero-order valence-corrected chi connectivity index (χ0v) is 13.9. The molecule has 0 saturated carbocycles. The standard InChI is InChI=1S/C14H10Br2ClFO/c1-19-13-5-3-9(17)7-11(13)14(16)10-6-8(15)2-4-12(10)18/h2-7,14H,1H3. The minimum atomic E-state index is -0.335. The average Bonchev–Trinajstić information content (AvgIpc) is 2.40. The summed E-state index contributed by atoms with van der Waals surface area (Å²) in [6, 6.07) is 10.1. The Kier molecular flexibility index (Phi) is 4.87. The van der Waals surface area contributed by atoms with Crippen LogP contribution in [0, 0.1) is 5.82 Å². The summed E-state index contributed by atoms with van der Waals surface area (Å²) < 4.78 is 20.0. The number of rotatable bonds is 3. The summed E-state index contributed by atoms with van der Waals surface area (Å²) in [5, 5.41) is 0.579. The van der Waals surface area contributed by atoms with Gasteiger partial charge in [0.05, 0.1) is 11.9 Å². The molecule has 0 spiro atoms. The predicted octanol–water partition coefficient (Wildman–Crippen LogP) is 5.73.